The number of rotatable bonds is 2. The van der Waals surface area contributed by atoms with Crippen molar-refractivity contribution in [3.8, 4) is 0 Å². The standard InChI is InChI=1S/C17H17NO/c19-17(13-7-3-1-2-4-8-13)15-9-5-11-16-14(15)10-6-12-18-16/h5-7,9-12H,1-4,8H2. The van der Waals surface area contributed by atoms with Crippen LogP contribution in [-0.2, 0) is 0 Å². The van der Waals surface area contributed by atoms with Gasteiger partial charge in [-0.15, -0.1) is 0 Å². The van der Waals surface area contributed by atoms with Gasteiger partial charge in [0, 0.05) is 17.1 Å². The van der Waals surface area contributed by atoms with E-state index in [1.54, 1.807) is 6.20 Å². The molecule has 0 aliphatic heterocycles. The van der Waals surface area contributed by atoms with Crippen LogP contribution >= 0.6 is 0 Å². The number of carbonyl (C=O) groups excluding carboxylic acids is 1. The predicted octanol–water partition coefficient (Wildman–Crippen LogP) is 4.31. The highest BCUT2D eigenvalue weighted by molar-refractivity contribution is 6.15. The maximum absolute atomic E-state index is 12.7. The Morgan fingerprint density at radius 1 is 1.05 bits per heavy atom. The van der Waals surface area contributed by atoms with E-state index < -0.39 is 0 Å². The first-order chi connectivity index (χ1) is 9.36. The number of Topliss-reactive ketones (excluding diaryl/α,β-unsaturated/α-hetero) is 1. The van der Waals surface area contributed by atoms with E-state index in [0.717, 1.165) is 41.3 Å². The number of aromatic nitrogens is 1. The normalized spacial score (nSPS) is 15.9. The average Bonchev–Trinajstić information content (AvgIpc) is 2.75. The highest BCUT2D eigenvalue weighted by Crippen LogP contribution is 2.24. The van der Waals surface area contributed by atoms with Gasteiger partial charge in [-0.3, -0.25) is 9.78 Å². The van der Waals surface area contributed by atoms with Gasteiger partial charge in [-0.25, -0.2) is 0 Å². The van der Waals surface area contributed by atoms with E-state index in [1.807, 2.05) is 30.3 Å². The quantitative estimate of drug-likeness (QED) is 0.744. The van der Waals surface area contributed by atoms with Crippen molar-refractivity contribution in [2.24, 2.45) is 0 Å². The van der Waals surface area contributed by atoms with Crippen LogP contribution in [0.15, 0.2) is 48.2 Å². The summed E-state index contributed by atoms with van der Waals surface area (Å²) in [5.41, 5.74) is 2.66. The minimum Gasteiger partial charge on any atom is -0.289 e. The molecule has 1 heterocycles. The number of hydrogen-bond acceptors (Lipinski definition) is 2. The summed E-state index contributed by atoms with van der Waals surface area (Å²) in [7, 11) is 0. The topological polar surface area (TPSA) is 30.0 Å². The van der Waals surface area contributed by atoms with Gasteiger partial charge in [0.2, 0.25) is 0 Å². The van der Waals surface area contributed by atoms with Crippen LogP contribution in [0.2, 0.25) is 0 Å². The minimum absolute atomic E-state index is 0.181. The van der Waals surface area contributed by atoms with Gasteiger partial charge >= 0.3 is 0 Å². The number of ketones is 1. The van der Waals surface area contributed by atoms with Gasteiger partial charge in [-0.2, -0.15) is 0 Å². The zero-order valence-electron chi connectivity index (χ0n) is 10.9. The molecular formula is C17H17NO. The van der Waals surface area contributed by atoms with E-state index in [-0.39, 0.29) is 5.78 Å². The maximum Gasteiger partial charge on any atom is 0.189 e. The van der Waals surface area contributed by atoms with Gasteiger partial charge in [-0.05, 0) is 43.4 Å². The molecule has 0 bridgehead atoms. The molecule has 0 saturated carbocycles. The summed E-state index contributed by atoms with van der Waals surface area (Å²) in [6.07, 6.45) is 9.39. The molecule has 0 amide bonds. The summed E-state index contributed by atoms with van der Waals surface area (Å²) in [6.45, 7) is 0. The Labute approximate surface area is 113 Å². The van der Waals surface area contributed by atoms with Crippen molar-refractivity contribution >= 4 is 16.7 Å². The van der Waals surface area contributed by atoms with Crippen LogP contribution < -0.4 is 0 Å². The highest BCUT2D eigenvalue weighted by Gasteiger charge is 2.16. The van der Waals surface area contributed by atoms with Crippen molar-refractivity contribution < 1.29 is 4.79 Å². The minimum atomic E-state index is 0.181. The molecule has 3 rings (SSSR count). The van der Waals surface area contributed by atoms with Crippen LogP contribution in [0.25, 0.3) is 10.9 Å². The molecule has 0 spiro atoms. The highest BCUT2D eigenvalue weighted by atomic mass is 16.1. The second-order valence-electron chi connectivity index (χ2n) is 5.03. The first-order valence-corrected chi connectivity index (χ1v) is 6.94. The fraction of sp³-hybridized carbons (Fsp3) is 0.294. The molecule has 1 aliphatic rings. The first kappa shape index (κ1) is 12.1. The van der Waals surface area contributed by atoms with Crippen molar-refractivity contribution in [3.63, 3.8) is 0 Å². The van der Waals surface area contributed by atoms with Gasteiger partial charge in [0.05, 0.1) is 5.52 Å². The molecule has 0 saturated heterocycles. The van der Waals surface area contributed by atoms with Crippen LogP contribution in [0, 0.1) is 0 Å². The molecule has 0 atom stereocenters. The summed E-state index contributed by atoms with van der Waals surface area (Å²) >= 11 is 0. The molecule has 1 aromatic carbocycles. The maximum atomic E-state index is 12.7. The molecular weight excluding hydrogens is 234 g/mol. The summed E-state index contributed by atoms with van der Waals surface area (Å²) in [6, 6.07) is 9.65. The van der Waals surface area contributed by atoms with Crippen LogP contribution in [-0.4, -0.2) is 10.8 Å². The van der Waals surface area contributed by atoms with E-state index in [0.29, 0.717) is 0 Å². The van der Waals surface area contributed by atoms with Crippen LogP contribution in [0.1, 0.15) is 42.5 Å². The van der Waals surface area contributed by atoms with Gasteiger partial charge in [-0.1, -0.05) is 30.7 Å². The average molecular weight is 251 g/mol. The number of hydrogen-bond donors (Lipinski definition) is 0. The van der Waals surface area contributed by atoms with Gasteiger partial charge in [0.1, 0.15) is 0 Å². The van der Waals surface area contributed by atoms with E-state index in [1.165, 1.54) is 12.8 Å². The monoisotopic (exact) mass is 251 g/mol. The Hall–Kier alpha value is -1.96. The summed E-state index contributed by atoms with van der Waals surface area (Å²) in [4.78, 5) is 17.0. The second-order valence-corrected chi connectivity index (χ2v) is 5.03. The van der Waals surface area contributed by atoms with Crippen molar-refractivity contribution in [1.82, 2.24) is 4.98 Å². The van der Waals surface area contributed by atoms with E-state index in [9.17, 15) is 4.79 Å². The molecule has 0 N–H and O–H groups in total. The molecule has 2 heteroatoms. The molecule has 1 aliphatic carbocycles. The molecule has 19 heavy (non-hydrogen) atoms. The second kappa shape index (κ2) is 5.35. The molecule has 96 valence electrons. The number of nitrogens with zero attached hydrogens (tertiary/aromatic N) is 1. The molecule has 0 fully saturated rings. The Balaban J connectivity index is 2.04. The number of fused-ring (bicyclic) bond motifs is 1. The van der Waals surface area contributed by atoms with Crippen molar-refractivity contribution in [1.29, 1.82) is 0 Å². The fourth-order valence-corrected chi connectivity index (χ4v) is 2.70. The number of pyridine rings is 1. The third-order valence-corrected chi connectivity index (χ3v) is 3.72. The lowest BCUT2D eigenvalue weighted by atomic mass is 9.96. The zero-order valence-corrected chi connectivity index (χ0v) is 10.9. The summed E-state index contributed by atoms with van der Waals surface area (Å²) < 4.78 is 0. The third kappa shape index (κ3) is 2.43. The lowest BCUT2D eigenvalue weighted by Gasteiger charge is -2.07. The Kier molecular flexibility index (Phi) is 3.41. The Morgan fingerprint density at radius 2 is 2.00 bits per heavy atom. The lowest BCUT2D eigenvalue weighted by Crippen LogP contribution is -2.04. The Bertz CT molecular complexity index is 637. The number of benzene rings is 1. The van der Waals surface area contributed by atoms with E-state index >= 15 is 0 Å². The van der Waals surface area contributed by atoms with Gasteiger partial charge < -0.3 is 0 Å². The van der Waals surface area contributed by atoms with Crippen molar-refractivity contribution in [3.05, 3.63) is 53.7 Å². The molecule has 2 aromatic rings. The first-order valence-electron chi connectivity index (χ1n) is 6.94. The lowest BCUT2D eigenvalue weighted by molar-refractivity contribution is 0.103. The largest absolute Gasteiger partial charge is 0.289 e. The van der Waals surface area contributed by atoms with E-state index in [4.69, 9.17) is 0 Å². The number of carbonyl (C=O) groups is 1. The third-order valence-electron chi connectivity index (χ3n) is 3.72. The zero-order chi connectivity index (χ0) is 13.1. The van der Waals surface area contributed by atoms with Crippen LogP contribution in [0.5, 0.6) is 0 Å². The fourth-order valence-electron chi connectivity index (χ4n) is 2.70. The molecule has 0 unspecified atom stereocenters. The molecule has 2 nitrogen and oxygen atoms in total. The number of allylic oxidation sites excluding steroid dienone is 2. The smallest absolute Gasteiger partial charge is 0.189 e. The van der Waals surface area contributed by atoms with Gasteiger partial charge in [0.15, 0.2) is 5.78 Å². The van der Waals surface area contributed by atoms with Crippen molar-refractivity contribution in [2.45, 2.75) is 32.1 Å². The Morgan fingerprint density at radius 3 is 2.95 bits per heavy atom. The van der Waals surface area contributed by atoms with Crippen LogP contribution in [0.3, 0.4) is 0 Å². The summed E-state index contributed by atoms with van der Waals surface area (Å²) in [5.74, 6) is 0.181. The van der Waals surface area contributed by atoms with Gasteiger partial charge in [0.25, 0.3) is 0 Å². The predicted molar refractivity (Wildman–Crippen MR) is 77.2 cm³/mol. The molecule has 0 radical (unpaired) electrons. The summed E-state index contributed by atoms with van der Waals surface area (Å²) in [5, 5.41) is 0.958. The molecule has 1 aromatic heterocycles. The SMILES string of the molecule is O=C(C1=CCCCCC1)c1cccc2ncccc12. The van der Waals surface area contributed by atoms with Crippen molar-refractivity contribution in [2.75, 3.05) is 0 Å². The van der Waals surface area contributed by atoms with E-state index in [2.05, 4.69) is 11.1 Å². The van der Waals surface area contributed by atoms with Crippen LogP contribution in [0.4, 0.5) is 0 Å².